The smallest absolute Gasteiger partial charge is 0.232 e. The van der Waals surface area contributed by atoms with Crippen molar-refractivity contribution in [1.29, 1.82) is 0 Å². The molecule has 1 N–H and O–H groups in total. The Labute approximate surface area is 153 Å². The average Bonchev–Trinajstić information content (AvgIpc) is 3.17. The zero-order valence-corrected chi connectivity index (χ0v) is 15.4. The molecule has 0 spiro atoms. The lowest BCUT2D eigenvalue weighted by Crippen LogP contribution is -2.14. The summed E-state index contributed by atoms with van der Waals surface area (Å²) in [6, 6.07) is 9.61. The summed E-state index contributed by atoms with van der Waals surface area (Å²) >= 11 is 1.41. The molecule has 0 saturated carbocycles. The lowest BCUT2D eigenvalue weighted by Gasteiger charge is -2.01. The summed E-state index contributed by atoms with van der Waals surface area (Å²) in [7, 11) is 1.62. The Morgan fingerprint density at radius 1 is 1.27 bits per heavy atom. The molecule has 0 radical (unpaired) electrons. The number of anilines is 1. The number of nitrogens with one attached hydrogen (secondary N) is 1. The second-order valence-corrected chi connectivity index (χ2v) is 7.19. The minimum atomic E-state index is -0.175. The normalized spacial score (nSPS) is 11.2. The fourth-order valence-corrected chi connectivity index (χ4v) is 3.95. The molecule has 26 heavy (non-hydrogen) atoms. The van der Waals surface area contributed by atoms with Crippen molar-refractivity contribution in [1.82, 2.24) is 10.1 Å². The van der Waals surface area contributed by atoms with E-state index < -0.39 is 0 Å². The topological polar surface area (TPSA) is 77.2 Å². The number of aryl methyl sites for hydroxylation is 2. The number of ether oxygens (including phenoxy) is 1. The first kappa shape index (κ1) is 16.5. The predicted molar refractivity (Wildman–Crippen MR) is 102 cm³/mol. The Kier molecular flexibility index (Phi) is 4.08. The van der Waals surface area contributed by atoms with Crippen LogP contribution in [0.5, 0.6) is 5.75 Å². The van der Waals surface area contributed by atoms with Gasteiger partial charge in [0.15, 0.2) is 10.7 Å². The van der Waals surface area contributed by atoms with Crippen LogP contribution in [0, 0.1) is 13.8 Å². The van der Waals surface area contributed by atoms with Gasteiger partial charge in [-0.2, -0.15) is 0 Å². The maximum atomic E-state index is 12.5. The van der Waals surface area contributed by atoms with Gasteiger partial charge in [-0.3, -0.25) is 4.79 Å². The van der Waals surface area contributed by atoms with Crippen molar-refractivity contribution in [3.05, 3.63) is 47.2 Å². The van der Waals surface area contributed by atoms with Crippen molar-refractivity contribution >= 4 is 43.6 Å². The number of fused-ring (bicyclic) bond motifs is 2. The molecule has 1 amide bonds. The standard InChI is InChI=1S/C19H17N3O3S/c1-10-6-11(2)18-14(22-25-15(18)7-10)9-17(23)21-19-20-13-5-4-12(24-3)8-16(13)26-19/h4-8H,9H2,1-3H3,(H,20,21,23). The van der Waals surface area contributed by atoms with Crippen LogP contribution in [-0.2, 0) is 11.2 Å². The number of amides is 1. The summed E-state index contributed by atoms with van der Waals surface area (Å²) in [6.07, 6.45) is 0.135. The molecule has 132 valence electrons. The van der Waals surface area contributed by atoms with E-state index in [1.54, 1.807) is 7.11 Å². The first-order valence-corrected chi connectivity index (χ1v) is 8.95. The summed E-state index contributed by atoms with van der Waals surface area (Å²) in [5, 5.41) is 8.38. The molecule has 0 aliphatic rings. The third kappa shape index (κ3) is 3.01. The van der Waals surface area contributed by atoms with Gasteiger partial charge in [-0.05, 0) is 49.2 Å². The lowest BCUT2D eigenvalue weighted by atomic mass is 10.0. The van der Waals surface area contributed by atoms with Crippen molar-refractivity contribution in [3.63, 3.8) is 0 Å². The highest BCUT2D eigenvalue weighted by Gasteiger charge is 2.16. The average molecular weight is 367 g/mol. The SMILES string of the molecule is COc1ccc2nc(NC(=O)Cc3noc4cc(C)cc(C)c34)sc2c1. The first-order chi connectivity index (χ1) is 12.5. The molecule has 2 aromatic carbocycles. The van der Waals surface area contributed by atoms with Crippen LogP contribution in [0.3, 0.4) is 0 Å². The van der Waals surface area contributed by atoms with Crippen LogP contribution in [-0.4, -0.2) is 23.2 Å². The molecule has 2 heterocycles. The van der Waals surface area contributed by atoms with E-state index in [1.165, 1.54) is 11.3 Å². The molecular formula is C19H17N3O3S. The van der Waals surface area contributed by atoms with E-state index in [2.05, 4.69) is 21.5 Å². The number of carbonyl (C=O) groups excluding carboxylic acids is 1. The van der Waals surface area contributed by atoms with E-state index in [1.807, 2.05) is 38.1 Å². The van der Waals surface area contributed by atoms with Crippen molar-refractivity contribution in [2.45, 2.75) is 20.3 Å². The van der Waals surface area contributed by atoms with Gasteiger partial charge >= 0.3 is 0 Å². The highest BCUT2D eigenvalue weighted by atomic mass is 32.1. The number of hydrogen-bond acceptors (Lipinski definition) is 6. The van der Waals surface area contributed by atoms with Crippen LogP contribution < -0.4 is 10.1 Å². The van der Waals surface area contributed by atoms with Crippen molar-refractivity contribution in [2.75, 3.05) is 12.4 Å². The number of methoxy groups -OCH3 is 1. The Morgan fingerprint density at radius 3 is 2.92 bits per heavy atom. The fraction of sp³-hybridized carbons (Fsp3) is 0.211. The van der Waals surface area contributed by atoms with E-state index in [0.717, 1.165) is 32.5 Å². The molecule has 4 aromatic rings. The van der Waals surface area contributed by atoms with Crippen molar-refractivity contribution in [3.8, 4) is 5.75 Å². The monoisotopic (exact) mass is 367 g/mol. The van der Waals surface area contributed by atoms with Gasteiger partial charge in [-0.25, -0.2) is 4.98 Å². The zero-order valence-electron chi connectivity index (χ0n) is 14.6. The van der Waals surface area contributed by atoms with Crippen molar-refractivity contribution < 1.29 is 14.1 Å². The zero-order chi connectivity index (χ0) is 18.3. The van der Waals surface area contributed by atoms with Gasteiger partial charge in [0.1, 0.15) is 11.4 Å². The molecule has 4 rings (SSSR count). The van der Waals surface area contributed by atoms with E-state index in [-0.39, 0.29) is 12.3 Å². The minimum Gasteiger partial charge on any atom is -0.497 e. The second-order valence-electron chi connectivity index (χ2n) is 6.16. The molecule has 2 aromatic heterocycles. The number of carbonyl (C=O) groups is 1. The minimum absolute atomic E-state index is 0.135. The van der Waals surface area contributed by atoms with Gasteiger partial charge in [0.2, 0.25) is 5.91 Å². The Hall–Kier alpha value is -2.93. The van der Waals surface area contributed by atoms with Gasteiger partial charge in [-0.15, -0.1) is 0 Å². The summed E-state index contributed by atoms with van der Waals surface area (Å²) in [5.41, 5.74) is 4.32. The second kappa shape index (κ2) is 6.42. The first-order valence-electron chi connectivity index (χ1n) is 8.13. The van der Waals surface area contributed by atoms with Crippen LogP contribution in [0.25, 0.3) is 21.2 Å². The van der Waals surface area contributed by atoms with E-state index in [4.69, 9.17) is 9.26 Å². The van der Waals surface area contributed by atoms with Gasteiger partial charge < -0.3 is 14.6 Å². The van der Waals surface area contributed by atoms with Crippen LogP contribution in [0.15, 0.2) is 34.9 Å². The third-order valence-electron chi connectivity index (χ3n) is 4.16. The molecule has 0 aliphatic carbocycles. The molecule has 0 bridgehead atoms. The molecule has 0 unspecified atom stereocenters. The van der Waals surface area contributed by atoms with Gasteiger partial charge in [-0.1, -0.05) is 22.6 Å². The van der Waals surface area contributed by atoms with Crippen LogP contribution in [0.1, 0.15) is 16.8 Å². The summed E-state index contributed by atoms with van der Waals surface area (Å²) < 4.78 is 11.6. The number of nitrogens with zero attached hydrogens (tertiary/aromatic N) is 2. The van der Waals surface area contributed by atoms with E-state index in [9.17, 15) is 4.79 Å². The Morgan fingerprint density at radius 2 is 2.12 bits per heavy atom. The van der Waals surface area contributed by atoms with E-state index in [0.29, 0.717) is 16.4 Å². The van der Waals surface area contributed by atoms with Gasteiger partial charge in [0.05, 0.1) is 23.7 Å². The fourth-order valence-electron chi connectivity index (χ4n) is 3.04. The summed E-state index contributed by atoms with van der Waals surface area (Å²) in [6.45, 7) is 4.00. The largest absolute Gasteiger partial charge is 0.497 e. The van der Waals surface area contributed by atoms with Gasteiger partial charge in [0, 0.05) is 5.39 Å². The highest BCUT2D eigenvalue weighted by molar-refractivity contribution is 7.22. The Balaban J connectivity index is 1.56. The molecule has 0 saturated heterocycles. The maximum Gasteiger partial charge on any atom is 0.232 e. The third-order valence-corrected chi connectivity index (χ3v) is 5.09. The molecular weight excluding hydrogens is 350 g/mol. The molecule has 7 heteroatoms. The predicted octanol–water partition coefficient (Wildman–Crippen LogP) is 4.24. The maximum absolute atomic E-state index is 12.5. The lowest BCUT2D eigenvalue weighted by molar-refractivity contribution is -0.115. The number of benzene rings is 2. The summed E-state index contributed by atoms with van der Waals surface area (Å²) in [4.78, 5) is 16.9. The number of thiazole rings is 1. The number of hydrogen-bond donors (Lipinski definition) is 1. The molecule has 0 fully saturated rings. The molecule has 0 atom stereocenters. The molecule has 6 nitrogen and oxygen atoms in total. The quantitative estimate of drug-likeness (QED) is 0.584. The van der Waals surface area contributed by atoms with Crippen LogP contribution in [0.2, 0.25) is 0 Å². The highest BCUT2D eigenvalue weighted by Crippen LogP contribution is 2.29. The number of aromatic nitrogens is 2. The van der Waals surface area contributed by atoms with Crippen LogP contribution in [0.4, 0.5) is 5.13 Å². The Bertz CT molecular complexity index is 1130. The van der Waals surface area contributed by atoms with Crippen molar-refractivity contribution in [2.24, 2.45) is 0 Å². The van der Waals surface area contributed by atoms with E-state index >= 15 is 0 Å². The van der Waals surface area contributed by atoms with Crippen LogP contribution >= 0.6 is 11.3 Å². The number of rotatable bonds is 4. The summed E-state index contributed by atoms with van der Waals surface area (Å²) in [5.74, 6) is 0.588. The molecule has 0 aliphatic heterocycles. The van der Waals surface area contributed by atoms with Gasteiger partial charge in [0.25, 0.3) is 0 Å².